The van der Waals surface area contributed by atoms with E-state index in [9.17, 15) is 9.59 Å². The molecular weight excluding hydrogens is 256 g/mol. The molecule has 0 atom stereocenters. The van der Waals surface area contributed by atoms with Crippen molar-refractivity contribution in [1.29, 1.82) is 0 Å². The normalized spacial score (nSPS) is 13.4. The van der Waals surface area contributed by atoms with Gasteiger partial charge in [0, 0.05) is 12.5 Å². The number of amides is 2. The zero-order chi connectivity index (χ0) is 14.5. The second kappa shape index (κ2) is 6.41. The number of ether oxygens (including phenoxy) is 1. The molecule has 0 aliphatic carbocycles. The molecule has 0 saturated heterocycles. The van der Waals surface area contributed by atoms with Crippen LogP contribution in [0.1, 0.15) is 32.3 Å². The van der Waals surface area contributed by atoms with Gasteiger partial charge >= 0.3 is 0 Å². The zero-order valence-electron chi connectivity index (χ0n) is 11.9. The van der Waals surface area contributed by atoms with Crippen LogP contribution in [0.5, 0.6) is 5.75 Å². The van der Waals surface area contributed by atoms with Gasteiger partial charge in [-0.1, -0.05) is 19.9 Å². The van der Waals surface area contributed by atoms with Crippen LogP contribution in [0, 0.1) is 5.92 Å². The molecule has 20 heavy (non-hydrogen) atoms. The van der Waals surface area contributed by atoms with Gasteiger partial charge < -0.3 is 15.4 Å². The number of carbonyl (C=O) groups is 2. The second-order valence-corrected chi connectivity index (χ2v) is 4.90. The standard InChI is InChI=1S/C15H20N2O3/c1-3-11(4-2)15(19)16-8-10-5-6-13-12(7-10)17-14(18)9-20-13/h5-7,11H,3-4,8-9H2,1-2H3,(H,16,19)(H,17,18). The van der Waals surface area contributed by atoms with Crippen LogP contribution in [0.4, 0.5) is 5.69 Å². The number of benzene rings is 1. The predicted molar refractivity (Wildman–Crippen MR) is 76.5 cm³/mol. The van der Waals surface area contributed by atoms with E-state index in [1.54, 1.807) is 0 Å². The minimum atomic E-state index is -0.157. The fraction of sp³-hybridized carbons (Fsp3) is 0.467. The third kappa shape index (κ3) is 3.29. The first-order chi connectivity index (χ1) is 9.63. The Bertz CT molecular complexity index is 510. The maximum absolute atomic E-state index is 11.9. The van der Waals surface area contributed by atoms with Crippen molar-refractivity contribution in [3.05, 3.63) is 23.8 Å². The summed E-state index contributed by atoms with van der Waals surface area (Å²) in [4.78, 5) is 23.2. The first kappa shape index (κ1) is 14.4. The summed E-state index contributed by atoms with van der Waals surface area (Å²) in [5.74, 6) is 0.652. The molecule has 2 N–H and O–H groups in total. The van der Waals surface area contributed by atoms with Crippen LogP contribution in [0.3, 0.4) is 0 Å². The van der Waals surface area contributed by atoms with Gasteiger partial charge in [-0.15, -0.1) is 0 Å². The molecule has 1 aromatic carbocycles. The Balaban J connectivity index is 1.99. The number of rotatable bonds is 5. The number of nitrogens with one attached hydrogen (secondary N) is 2. The Morgan fingerprint density at radius 1 is 1.40 bits per heavy atom. The SMILES string of the molecule is CCC(CC)C(=O)NCc1ccc2c(c1)NC(=O)CO2. The largest absolute Gasteiger partial charge is 0.482 e. The van der Waals surface area contributed by atoms with E-state index >= 15 is 0 Å². The molecule has 2 rings (SSSR count). The van der Waals surface area contributed by atoms with Crippen LogP contribution in [0.15, 0.2) is 18.2 Å². The Morgan fingerprint density at radius 2 is 2.15 bits per heavy atom. The smallest absolute Gasteiger partial charge is 0.262 e. The molecule has 1 aromatic rings. The minimum Gasteiger partial charge on any atom is -0.482 e. The number of hydrogen-bond acceptors (Lipinski definition) is 3. The molecule has 0 bridgehead atoms. The molecule has 2 amide bonds. The van der Waals surface area contributed by atoms with Gasteiger partial charge in [-0.3, -0.25) is 9.59 Å². The average Bonchev–Trinajstić information content (AvgIpc) is 2.46. The summed E-state index contributed by atoms with van der Waals surface area (Å²) in [6, 6.07) is 5.54. The van der Waals surface area contributed by atoms with E-state index in [2.05, 4.69) is 10.6 Å². The molecule has 1 aliphatic rings. The highest BCUT2D eigenvalue weighted by Crippen LogP contribution is 2.28. The molecule has 0 saturated carbocycles. The third-order valence-electron chi connectivity index (χ3n) is 3.50. The van der Waals surface area contributed by atoms with Gasteiger partial charge in [0.1, 0.15) is 5.75 Å². The van der Waals surface area contributed by atoms with E-state index in [1.165, 1.54) is 0 Å². The number of carbonyl (C=O) groups excluding carboxylic acids is 2. The molecule has 5 nitrogen and oxygen atoms in total. The average molecular weight is 276 g/mol. The van der Waals surface area contributed by atoms with Crippen molar-refractivity contribution in [1.82, 2.24) is 5.32 Å². The van der Waals surface area contributed by atoms with Gasteiger partial charge in [-0.2, -0.15) is 0 Å². The maximum atomic E-state index is 11.9. The molecule has 0 fully saturated rings. The summed E-state index contributed by atoms with van der Waals surface area (Å²) in [7, 11) is 0. The van der Waals surface area contributed by atoms with Crippen LogP contribution in [-0.4, -0.2) is 18.4 Å². The maximum Gasteiger partial charge on any atom is 0.262 e. The lowest BCUT2D eigenvalue weighted by atomic mass is 10.0. The van der Waals surface area contributed by atoms with Crippen LogP contribution in [-0.2, 0) is 16.1 Å². The van der Waals surface area contributed by atoms with Gasteiger partial charge in [0.05, 0.1) is 5.69 Å². The van der Waals surface area contributed by atoms with Crippen LogP contribution < -0.4 is 15.4 Å². The van der Waals surface area contributed by atoms with Gasteiger partial charge in [-0.05, 0) is 30.5 Å². The Labute approximate surface area is 118 Å². The van der Waals surface area contributed by atoms with E-state index in [0.29, 0.717) is 18.0 Å². The molecular formula is C15H20N2O3. The summed E-state index contributed by atoms with van der Waals surface area (Å²) >= 11 is 0. The zero-order valence-corrected chi connectivity index (χ0v) is 11.9. The second-order valence-electron chi connectivity index (χ2n) is 4.90. The fourth-order valence-corrected chi connectivity index (χ4v) is 2.23. The van der Waals surface area contributed by atoms with E-state index in [0.717, 1.165) is 18.4 Å². The molecule has 0 aromatic heterocycles. The lowest BCUT2D eigenvalue weighted by Gasteiger charge is -2.19. The third-order valence-corrected chi connectivity index (χ3v) is 3.50. The minimum absolute atomic E-state index is 0.0533. The van der Waals surface area contributed by atoms with Gasteiger partial charge in [0.15, 0.2) is 6.61 Å². The van der Waals surface area contributed by atoms with E-state index < -0.39 is 0 Å². The molecule has 0 spiro atoms. The summed E-state index contributed by atoms with van der Waals surface area (Å²) < 4.78 is 5.29. The van der Waals surface area contributed by atoms with E-state index in [-0.39, 0.29) is 24.3 Å². The quantitative estimate of drug-likeness (QED) is 0.865. The molecule has 0 radical (unpaired) electrons. The first-order valence-corrected chi connectivity index (χ1v) is 6.97. The van der Waals surface area contributed by atoms with Crippen LogP contribution in [0.2, 0.25) is 0 Å². The predicted octanol–water partition coefficient (Wildman–Crippen LogP) is 2.07. The highest BCUT2D eigenvalue weighted by atomic mass is 16.5. The summed E-state index contributed by atoms with van der Waals surface area (Å²) in [5, 5.41) is 5.68. The monoisotopic (exact) mass is 276 g/mol. The highest BCUT2D eigenvalue weighted by molar-refractivity contribution is 5.95. The Hall–Kier alpha value is -2.04. The molecule has 5 heteroatoms. The van der Waals surface area contributed by atoms with E-state index in [1.807, 2.05) is 32.0 Å². The van der Waals surface area contributed by atoms with Crippen molar-refractivity contribution in [2.75, 3.05) is 11.9 Å². The molecule has 108 valence electrons. The molecule has 1 aliphatic heterocycles. The van der Waals surface area contributed by atoms with Gasteiger partial charge in [0.2, 0.25) is 5.91 Å². The first-order valence-electron chi connectivity index (χ1n) is 6.97. The summed E-state index contributed by atoms with van der Waals surface area (Å²) in [6.45, 7) is 4.54. The van der Waals surface area contributed by atoms with Crippen LogP contribution in [0.25, 0.3) is 0 Å². The van der Waals surface area contributed by atoms with Crippen molar-refractivity contribution >= 4 is 17.5 Å². The summed E-state index contributed by atoms with van der Waals surface area (Å²) in [5.41, 5.74) is 1.60. The van der Waals surface area contributed by atoms with Gasteiger partial charge in [-0.25, -0.2) is 0 Å². The number of anilines is 1. The topological polar surface area (TPSA) is 67.4 Å². The van der Waals surface area contributed by atoms with Crippen molar-refractivity contribution in [2.24, 2.45) is 5.92 Å². The Morgan fingerprint density at radius 3 is 2.85 bits per heavy atom. The fourth-order valence-electron chi connectivity index (χ4n) is 2.23. The summed E-state index contributed by atoms with van der Waals surface area (Å²) in [6.07, 6.45) is 1.69. The number of hydrogen-bond donors (Lipinski definition) is 2. The highest BCUT2D eigenvalue weighted by Gasteiger charge is 2.17. The molecule has 0 unspecified atom stereocenters. The Kier molecular flexibility index (Phi) is 4.61. The van der Waals surface area contributed by atoms with Crippen molar-refractivity contribution < 1.29 is 14.3 Å². The lowest BCUT2D eigenvalue weighted by Crippen LogP contribution is -2.30. The number of fused-ring (bicyclic) bond motifs is 1. The van der Waals surface area contributed by atoms with Crippen molar-refractivity contribution in [2.45, 2.75) is 33.2 Å². The van der Waals surface area contributed by atoms with Crippen molar-refractivity contribution in [3.8, 4) is 5.75 Å². The van der Waals surface area contributed by atoms with Crippen molar-refractivity contribution in [3.63, 3.8) is 0 Å². The van der Waals surface area contributed by atoms with Crippen LogP contribution >= 0.6 is 0 Å². The van der Waals surface area contributed by atoms with E-state index in [4.69, 9.17) is 4.74 Å². The molecule has 1 heterocycles. The lowest BCUT2D eigenvalue weighted by molar-refractivity contribution is -0.125. The van der Waals surface area contributed by atoms with Gasteiger partial charge in [0.25, 0.3) is 5.91 Å².